The summed E-state index contributed by atoms with van der Waals surface area (Å²) >= 11 is 5.66. The second-order valence-electron chi connectivity index (χ2n) is 9.40. The monoisotopic (exact) mass is 540 g/mol. The van der Waals surface area contributed by atoms with E-state index in [9.17, 15) is 19.0 Å². The lowest BCUT2D eigenvalue weighted by Crippen LogP contribution is -2.57. The highest BCUT2D eigenvalue weighted by atomic mass is 35.5. The molecular weight excluding hydrogens is 514 g/mol. The first-order valence-corrected chi connectivity index (χ1v) is 12.1. The Balaban J connectivity index is 1.42. The van der Waals surface area contributed by atoms with Gasteiger partial charge in [-0.05, 0) is 25.0 Å². The smallest absolute Gasteiger partial charge is 0.178 e. The molecule has 0 spiro atoms. The second-order valence-corrected chi connectivity index (χ2v) is 9.81. The average molecular weight is 541 g/mol. The van der Waals surface area contributed by atoms with Crippen LogP contribution in [-0.4, -0.2) is 92.1 Å². The number of ether oxygens (including phenoxy) is 3. The van der Waals surface area contributed by atoms with Crippen LogP contribution in [0.3, 0.4) is 0 Å². The van der Waals surface area contributed by atoms with Gasteiger partial charge in [0.1, 0.15) is 30.0 Å². The molecule has 11 nitrogen and oxygen atoms in total. The van der Waals surface area contributed by atoms with E-state index >= 15 is 0 Å². The number of hydrogen-bond donors (Lipinski definition) is 2. The van der Waals surface area contributed by atoms with Gasteiger partial charge in [0, 0.05) is 32.4 Å². The van der Waals surface area contributed by atoms with E-state index < -0.39 is 48.7 Å². The topological polar surface area (TPSA) is 130 Å². The Kier molecular flexibility index (Phi) is 7.27. The molecule has 37 heavy (non-hydrogen) atoms. The van der Waals surface area contributed by atoms with Crippen LogP contribution in [-0.2, 0) is 26.2 Å². The maximum absolute atomic E-state index is 14.5. The summed E-state index contributed by atoms with van der Waals surface area (Å²) < 4.78 is 48.6. The summed E-state index contributed by atoms with van der Waals surface area (Å²) in [5.74, 6) is -2.35. The lowest BCUT2D eigenvalue weighted by molar-refractivity contribution is -0.212. The van der Waals surface area contributed by atoms with Gasteiger partial charge >= 0.3 is 0 Å². The Hall–Kier alpha value is -2.55. The lowest BCUT2D eigenvalue weighted by atomic mass is 9.90. The standard InChI is InChI=1S/C23H27ClF2N6O5/c1-35-11-23(5-6-23)32-8-12(27-30-32)7-16-22(36-2)20(21(34)17(10-33)37-16)31-9-15(28-29-31)13-3-4-14(24)19(26)18(13)25/h3-4,8-9,16-17,20-22,33-34H,5-7,10-11H2,1-2H3/t16-,17-,20+,21+,22+/m1/s1. The molecule has 200 valence electrons. The largest absolute Gasteiger partial charge is 0.394 e. The quantitative estimate of drug-likeness (QED) is 0.388. The van der Waals surface area contributed by atoms with Gasteiger partial charge in [-0.15, -0.1) is 10.2 Å². The van der Waals surface area contributed by atoms with Gasteiger partial charge in [0.05, 0.1) is 41.8 Å². The maximum Gasteiger partial charge on any atom is 0.178 e. The van der Waals surface area contributed by atoms with Crippen molar-refractivity contribution < 1.29 is 33.2 Å². The molecule has 2 aromatic heterocycles. The number of benzene rings is 1. The van der Waals surface area contributed by atoms with E-state index in [-0.39, 0.29) is 28.2 Å². The first-order valence-electron chi connectivity index (χ1n) is 11.8. The maximum atomic E-state index is 14.5. The van der Waals surface area contributed by atoms with Crippen LogP contribution in [0.1, 0.15) is 24.6 Å². The van der Waals surface area contributed by atoms with Crippen molar-refractivity contribution in [3.63, 3.8) is 0 Å². The molecule has 3 heterocycles. The lowest BCUT2D eigenvalue weighted by Gasteiger charge is -2.43. The summed E-state index contributed by atoms with van der Waals surface area (Å²) in [5, 5.41) is 37.1. The summed E-state index contributed by atoms with van der Waals surface area (Å²) in [7, 11) is 3.10. The van der Waals surface area contributed by atoms with Crippen LogP contribution < -0.4 is 0 Å². The van der Waals surface area contributed by atoms with Crippen molar-refractivity contribution in [3.05, 3.63) is 46.9 Å². The minimum absolute atomic E-state index is 0.0366. The summed E-state index contributed by atoms with van der Waals surface area (Å²) in [6, 6.07) is 1.65. The molecule has 0 bridgehead atoms. The molecule has 1 aliphatic heterocycles. The third-order valence-corrected chi connectivity index (χ3v) is 7.33. The van der Waals surface area contributed by atoms with Gasteiger partial charge in [-0.3, -0.25) is 0 Å². The highest BCUT2D eigenvalue weighted by molar-refractivity contribution is 6.30. The van der Waals surface area contributed by atoms with E-state index in [0.717, 1.165) is 12.8 Å². The molecule has 1 saturated carbocycles. The molecule has 5 atom stereocenters. The van der Waals surface area contributed by atoms with Gasteiger partial charge < -0.3 is 24.4 Å². The number of rotatable bonds is 9. The molecule has 0 radical (unpaired) electrons. The summed E-state index contributed by atoms with van der Waals surface area (Å²) in [6.07, 6.45) is 1.78. The molecule has 1 aromatic carbocycles. The normalized spacial score (nSPS) is 26.9. The van der Waals surface area contributed by atoms with Crippen LogP contribution in [0.5, 0.6) is 0 Å². The van der Waals surface area contributed by atoms with E-state index in [2.05, 4.69) is 20.6 Å². The predicted octanol–water partition coefficient (Wildman–Crippen LogP) is 1.52. The van der Waals surface area contributed by atoms with Gasteiger partial charge in [0.2, 0.25) is 0 Å². The number of nitrogens with zero attached hydrogens (tertiary/aromatic N) is 6. The third kappa shape index (κ3) is 4.75. The van der Waals surface area contributed by atoms with Crippen LogP contribution in [0.25, 0.3) is 11.3 Å². The minimum Gasteiger partial charge on any atom is -0.394 e. The van der Waals surface area contributed by atoms with Gasteiger partial charge in [-0.2, -0.15) is 0 Å². The van der Waals surface area contributed by atoms with Crippen LogP contribution in [0, 0.1) is 11.6 Å². The van der Waals surface area contributed by atoms with E-state index in [4.69, 9.17) is 25.8 Å². The molecule has 0 amide bonds. The van der Waals surface area contributed by atoms with Crippen LogP contribution in [0.15, 0.2) is 24.5 Å². The predicted molar refractivity (Wildman–Crippen MR) is 125 cm³/mol. The number of hydrogen-bond acceptors (Lipinski definition) is 9. The van der Waals surface area contributed by atoms with Crippen molar-refractivity contribution in [2.45, 2.75) is 55.3 Å². The van der Waals surface area contributed by atoms with Crippen molar-refractivity contribution in [2.75, 3.05) is 27.4 Å². The molecule has 1 saturated heterocycles. The molecule has 1 aliphatic carbocycles. The van der Waals surface area contributed by atoms with Crippen molar-refractivity contribution in [3.8, 4) is 11.3 Å². The van der Waals surface area contributed by atoms with Crippen molar-refractivity contribution in [2.24, 2.45) is 0 Å². The first-order chi connectivity index (χ1) is 17.8. The van der Waals surface area contributed by atoms with Crippen molar-refractivity contribution in [1.29, 1.82) is 0 Å². The minimum atomic E-state index is -1.24. The Morgan fingerprint density at radius 3 is 2.59 bits per heavy atom. The summed E-state index contributed by atoms with van der Waals surface area (Å²) in [5.41, 5.74) is 0.350. The molecule has 2 aliphatic rings. The molecule has 14 heteroatoms. The molecule has 2 fully saturated rings. The van der Waals surface area contributed by atoms with E-state index in [0.29, 0.717) is 12.3 Å². The van der Waals surface area contributed by atoms with Crippen molar-refractivity contribution in [1.82, 2.24) is 30.0 Å². The Morgan fingerprint density at radius 2 is 1.92 bits per heavy atom. The van der Waals surface area contributed by atoms with Gasteiger partial charge in [0.15, 0.2) is 11.6 Å². The van der Waals surface area contributed by atoms with Crippen LogP contribution >= 0.6 is 11.6 Å². The number of aliphatic hydroxyl groups excluding tert-OH is 2. The number of aliphatic hydroxyl groups is 2. The van der Waals surface area contributed by atoms with Crippen molar-refractivity contribution >= 4 is 11.6 Å². The fraction of sp³-hybridized carbons (Fsp3) is 0.565. The molecule has 2 N–H and O–H groups in total. The zero-order valence-corrected chi connectivity index (χ0v) is 20.9. The van der Waals surface area contributed by atoms with Crippen LogP contribution in [0.2, 0.25) is 5.02 Å². The van der Waals surface area contributed by atoms with E-state index in [1.54, 1.807) is 11.8 Å². The third-order valence-electron chi connectivity index (χ3n) is 7.04. The molecule has 0 unspecified atom stereocenters. The number of aromatic nitrogens is 6. The summed E-state index contributed by atoms with van der Waals surface area (Å²) in [6.45, 7) is 0.0663. The Morgan fingerprint density at radius 1 is 1.14 bits per heavy atom. The summed E-state index contributed by atoms with van der Waals surface area (Å²) in [4.78, 5) is 0. The van der Waals surface area contributed by atoms with Gasteiger partial charge in [0.25, 0.3) is 0 Å². The van der Waals surface area contributed by atoms with E-state index in [1.165, 1.54) is 30.1 Å². The fourth-order valence-electron chi connectivity index (χ4n) is 4.88. The first kappa shape index (κ1) is 26.1. The second kappa shape index (κ2) is 10.3. The van der Waals surface area contributed by atoms with Crippen LogP contribution in [0.4, 0.5) is 8.78 Å². The Labute approximate surface area is 215 Å². The zero-order chi connectivity index (χ0) is 26.3. The Bertz CT molecular complexity index is 1250. The highest BCUT2D eigenvalue weighted by Gasteiger charge is 2.48. The fourth-order valence-corrected chi connectivity index (χ4v) is 5.03. The van der Waals surface area contributed by atoms with Gasteiger partial charge in [-0.25, -0.2) is 18.1 Å². The average Bonchev–Trinajstić information content (AvgIpc) is 3.27. The molecular formula is C23H27ClF2N6O5. The number of halogens is 3. The zero-order valence-electron chi connectivity index (χ0n) is 20.2. The SMILES string of the molecule is COCC1(n2cc(C[C@H]3O[C@H](CO)[C@H](O)[C@H](n4cc(-c5ccc(Cl)c(F)c5F)nn4)[C@H]3OC)nn2)CC1. The van der Waals surface area contributed by atoms with Gasteiger partial charge in [-0.1, -0.05) is 22.0 Å². The molecule has 5 rings (SSSR count). The molecule has 3 aromatic rings. The number of methoxy groups -OCH3 is 2. The van der Waals surface area contributed by atoms with E-state index in [1.807, 2.05) is 6.20 Å². The highest BCUT2D eigenvalue weighted by Crippen LogP contribution is 2.43.